The Morgan fingerprint density at radius 2 is 2.05 bits per heavy atom. The molecule has 0 fully saturated rings. The highest BCUT2D eigenvalue weighted by Crippen LogP contribution is 2.29. The van der Waals surface area contributed by atoms with Crippen LogP contribution in [0.5, 0.6) is 0 Å². The van der Waals surface area contributed by atoms with Gasteiger partial charge in [0, 0.05) is 16.8 Å². The zero-order chi connectivity index (χ0) is 13.8. The first-order valence-electron chi connectivity index (χ1n) is 6.71. The van der Waals surface area contributed by atoms with Crippen molar-refractivity contribution < 1.29 is 0 Å². The van der Waals surface area contributed by atoms with Crippen molar-refractivity contribution in [1.82, 2.24) is 15.3 Å². The van der Waals surface area contributed by atoms with Gasteiger partial charge in [0.05, 0.1) is 16.7 Å². The molecule has 2 rings (SSSR count). The van der Waals surface area contributed by atoms with Gasteiger partial charge in [-0.25, -0.2) is 4.98 Å². The SMILES string of the molecule is CCCNC(c1ccc(C)nc1)c1sc(C)nc1C. The quantitative estimate of drug-likeness (QED) is 0.906. The molecule has 0 aliphatic rings. The van der Waals surface area contributed by atoms with Gasteiger partial charge in [-0.05, 0) is 45.4 Å². The zero-order valence-electron chi connectivity index (χ0n) is 12.0. The van der Waals surface area contributed by atoms with Crippen molar-refractivity contribution in [3.63, 3.8) is 0 Å². The molecule has 19 heavy (non-hydrogen) atoms. The highest BCUT2D eigenvalue weighted by atomic mass is 32.1. The number of aromatic nitrogens is 2. The van der Waals surface area contributed by atoms with Gasteiger partial charge < -0.3 is 5.32 Å². The second kappa shape index (κ2) is 6.26. The third kappa shape index (κ3) is 3.39. The van der Waals surface area contributed by atoms with E-state index in [4.69, 9.17) is 0 Å². The van der Waals surface area contributed by atoms with E-state index in [1.165, 1.54) is 10.4 Å². The molecule has 1 atom stereocenters. The van der Waals surface area contributed by atoms with Crippen LogP contribution in [0.2, 0.25) is 0 Å². The van der Waals surface area contributed by atoms with Crippen LogP contribution in [-0.4, -0.2) is 16.5 Å². The summed E-state index contributed by atoms with van der Waals surface area (Å²) in [6, 6.07) is 4.43. The number of pyridine rings is 1. The summed E-state index contributed by atoms with van der Waals surface area (Å²) < 4.78 is 0. The van der Waals surface area contributed by atoms with Crippen LogP contribution >= 0.6 is 11.3 Å². The Morgan fingerprint density at radius 1 is 1.26 bits per heavy atom. The van der Waals surface area contributed by atoms with E-state index >= 15 is 0 Å². The van der Waals surface area contributed by atoms with Gasteiger partial charge in [-0.3, -0.25) is 4.98 Å². The van der Waals surface area contributed by atoms with Crippen LogP contribution in [0.1, 0.15) is 46.2 Å². The lowest BCUT2D eigenvalue weighted by atomic mass is 10.1. The molecule has 4 heteroatoms. The number of aryl methyl sites for hydroxylation is 3. The van der Waals surface area contributed by atoms with E-state index in [1.54, 1.807) is 11.3 Å². The highest BCUT2D eigenvalue weighted by molar-refractivity contribution is 7.11. The lowest BCUT2D eigenvalue weighted by Gasteiger charge is -2.18. The standard InChI is InChI=1S/C15H21N3S/c1-5-8-16-14(13-7-6-10(2)17-9-13)15-11(3)18-12(4)19-15/h6-7,9,14,16H,5,8H2,1-4H3. The molecule has 0 aromatic carbocycles. The second-order valence-corrected chi connectivity index (χ2v) is 6.04. The van der Waals surface area contributed by atoms with Gasteiger partial charge in [-0.1, -0.05) is 13.0 Å². The predicted octanol–water partition coefficient (Wildman–Crippen LogP) is 3.55. The second-order valence-electron chi connectivity index (χ2n) is 4.80. The molecule has 0 spiro atoms. The van der Waals surface area contributed by atoms with Crippen LogP contribution in [0, 0.1) is 20.8 Å². The maximum absolute atomic E-state index is 4.54. The van der Waals surface area contributed by atoms with Crippen molar-refractivity contribution in [3.05, 3.63) is 45.2 Å². The number of nitrogens with zero attached hydrogens (tertiary/aromatic N) is 2. The third-order valence-electron chi connectivity index (χ3n) is 3.07. The average Bonchev–Trinajstić information content (AvgIpc) is 2.71. The van der Waals surface area contributed by atoms with Gasteiger partial charge in [-0.15, -0.1) is 11.3 Å². The number of thiazole rings is 1. The monoisotopic (exact) mass is 275 g/mol. The van der Waals surface area contributed by atoms with E-state index in [1.807, 2.05) is 13.1 Å². The Balaban J connectivity index is 2.35. The normalized spacial score (nSPS) is 12.6. The summed E-state index contributed by atoms with van der Waals surface area (Å²) in [4.78, 5) is 10.3. The fraction of sp³-hybridized carbons (Fsp3) is 0.467. The fourth-order valence-electron chi connectivity index (χ4n) is 2.12. The molecule has 0 aliphatic heterocycles. The molecule has 3 nitrogen and oxygen atoms in total. The minimum atomic E-state index is 0.208. The predicted molar refractivity (Wildman–Crippen MR) is 80.7 cm³/mol. The van der Waals surface area contributed by atoms with Crippen molar-refractivity contribution in [3.8, 4) is 0 Å². The van der Waals surface area contributed by atoms with Crippen LogP contribution in [0.3, 0.4) is 0 Å². The van der Waals surface area contributed by atoms with Crippen molar-refractivity contribution in [2.24, 2.45) is 0 Å². The maximum Gasteiger partial charge on any atom is 0.0900 e. The zero-order valence-corrected chi connectivity index (χ0v) is 12.8. The lowest BCUT2D eigenvalue weighted by Crippen LogP contribution is -2.23. The van der Waals surface area contributed by atoms with Crippen molar-refractivity contribution in [2.75, 3.05) is 6.54 Å². The van der Waals surface area contributed by atoms with Gasteiger partial charge in [0.25, 0.3) is 0 Å². The highest BCUT2D eigenvalue weighted by Gasteiger charge is 2.19. The van der Waals surface area contributed by atoms with Gasteiger partial charge in [0.1, 0.15) is 0 Å². The molecule has 0 saturated carbocycles. The molecule has 0 radical (unpaired) electrons. The van der Waals surface area contributed by atoms with E-state index in [9.17, 15) is 0 Å². The largest absolute Gasteiger partial charge is 0.305 e. The molecule has 2 heterocycles. The van der Waals surface area contributed by atoms with Crippen LogP contribution in [0.4, 0.5) is 0 Å². The Hall–Kier alpha value is -1.26. The summed E-state index contributed by atoms with van der Waals surface area (Å²) in [6.45, 7) is 9.34. The minimum absolute atomic E-state index is 0.208. The van der Waals surface area contributed by atoms with E-state index in [0.717, 1.165) is 29.4 Å². The molecular weight excluding hydrogens is 254 g/mol. The smallest absolute Gasteiger partial charge is 0.0900 e. The van der Waals surface area contributed by atoms with Gasteiger partial charge >= 0.3 is 0 Å². The fourth-order valence-corrected chi connectivity index (χ4v) is 3.15. The number of hydrogen-bond acceptors (Lipinski definition) is 4. The first-order valence-corrected chi connectivity index (χ1v) is 7.53. The summed E-state index contributed by atoms with van der Waals surface area (Å²) in [5, 5.41) is 4.73. The van der Waals surface area contributed by atoms with Crippen molar-refractivity contribution in [1.29, 1.82) is 0 Å². The summed E-state index contributed by atoms with van der Waals surface area (Å²) in [6.07, 6.45) is 3.09. The molecule has 1 unspecified atom stereocenters. The Morgan fingerprint density at radius 3 is 2.58 bits per heavy atom. The molecule has 0 amide bonds. The maximum atomic E-state index is 4.54. The molecular formula is C15H21N3S. The molecule has 2 aromatic heterocycles. The molecule has 102 valence electrons. The third-order valence-corrected chi connectivity index (χ3v) is 4.21. The van der Waals surface area contributed by atoms with Gasteiger partial charge in [0.15, 0.2) is 0 Å². The first kappa shape index (κ1) is 14.2. The van der Waals surface area contributed by atoms with Crippen molar-refractivity contribution >= 4 is 11.3 Å². The van der Waals surface area contributed by atoms with Crippen LogP contribution < -0.4 is 5.32 Å². The van der Waals surface area contributed by atoms with Gasteiger partial charge in [0.2, 0.25) is 0 Å². The molecule has 0 bridgehead atoms. The number of hydrogen-bond donors (Lipinski definition) is 1. The van der Waals surface area contributed by atoms with Gasteiger partial charge in [-0.2, -0.15) is 0 Å². The van der Waals surface area contributed by atoms with Crippen LogP contribution in [0.15, 0.2) is 18.3 Å². The minimum Gasteiger partial charge on any atom is -0.305 e. The molecule has 1 N–H and O–H groups in total. The van der Waals surface area contributed by atoms with Crippen LogP contribution in [-0.2, 0) is 0 Å². The van der Waals surface area contributed by atoms with E-state index in [0.29, 0.717) is 0 Å². The summed E-state index contributed by atoms with van der Waals surface area (Å²) >= 11 is 1.77. The Labute approximate surface area is 119 Å². The average molecular weight is 275 g/mol. The number of rotatable bonds is 5. The van der Waals surface area contributed by atoms with E-state index < -0.39 is 0 Å². The summed E-state index contributed by atoms with van der Waals surface area (Å²) in [5.74, 6) is 0. The Kier molecular flexibility index (Phi) is 4.66. The Bertz CT molecular complexity index is 531. The molecule has 2 aromatic rings. The van der Waals surface area contributed by atoms with Crippen molar-refractivity contribution in [2.45, 2.75) is 40.2 Å². The summed E-state index contributed by atoms with van der Waals surface area (Å²) in [5.41, 5.74) is 3.39. The first-order chi connectivity index (χ1) is 9.11. The van der Waals surface area contributed by atoms with E-state index in [-0.39, 0.29) is 6.04 Å². The summed E-state index contributed by atoms with van der Waals surface area (Å²) in [7, 11) is 0. The number of nitrogens with one attached hydrogen (secondary N) is 1. The molecule has 0 aliphatic carbocycles. The van der Waals surface area contributed by atoms with Crippen LogP contribution in [0.25, 0.3) is 0 Å². The lowest BCUT2D eigenvalue weighted by molar-refractivity contribution is 0.601. The topological polar surface area (TPSA) is 37.8 Å². The van der Waals surface area contributed by atoms with E-state index in [2.05, 4.69) is 48.2 Å². The molecule has 0 saturated heterocycles.